The van der Waals surface area contributed by atoms with Crippen LogP contribution in [-0.2, 0) is 9.59 Å². The lowest BCUT2D eigenvalue weighted by Crippen LogP contribution is -2.81. The quantitative estimate of drug-likeness (QED) is 0.504. The number of nitro benzene ring substituents is 1. The van der Waals surface area contributed by atoms with E-state index in [1.165, 1.54) is 29.2 Å². The van der Waals surface area contributed by atoms with Crippen molar-refractivity contribution in [3.63, 3.8) is 0 Å². The van der Waals surface area contributed by atoms with Gasteiger partial charge in [-0.05, 0) is 12.1 Å². The van der Waals surface area contributed by atoms with E-state index in [0.717, 1.165) is 11.1 Å². The molecule has 3 aliphatic heterocycles. The molecular weight excluding hydrogens is 322 g/mol. The van der Waals surface area contributed by atoms with Gasteiger partial charge in [0, 0.05) is 23.3 Å². The molecule has 3 aliphatic rings. The fourth-order valence-corrected chi connectivity index (χ4v) is 4.62. The molecule has 0 saturated carbocycles. The lowest BCUT2D eigenvalue weighted by molar-refractivity contribution is -0.707. The number of amides is 2. The average molecular weight is 336 g/mol. The van der Waals surface area contributed by atoms with Gasteiger partial charge in [0.1, 0.15) is 23.9 Å². The fourth-order valence-electron chi connectivity index (χ4n) is 4.62. The molecule has 0 aromatic heterocycles. The summed E-state index contributed by atoms with van der Waals surface area (Å²) in [5, 5.41) is 12.9. The Morgan fingerprint density at radius 2 is 1.40 bits per heavy atom. The smallest absolute Gasteiger partial charge is 0.269 e. The zero-order valence-corrected chi connectivity index (χ0v) is 13.0. The lowest BCUT2D eigenvalue weighted by atomic mass is 9.77. The summed E-state index contributed by atoms with van der Waals surface area (Å²) in [7, 11) is 0. The number of hydrogen-bond donors (Lipinski definition) is 1. The Labute approximate surface area is 142 Å². The summed E-state index contributed by atoms with van der Waals surface area (Å²) in [5.74, 6) is -1.13. The van der Waals surface area contributed by atoms with Crippen molar-refractivity contribution >= 4 is 23.2 Å². The molecule has 2 N–H and O–H groups in total. The van der Waals surface area contributed by atoms with E-state index in [-0.39, 0.29) is 41.4 Å². The van der Waals surface area contributed by atoms with Gasteiger partial charge in [-0.2, -0.15) is 0 Å². The van der Waals surface area contributed by atoms with E-state index in [0.29, 0.717) is 5.69 Å². The maximum Gasteiger partial charge on any atom is 0.269 e. The second-order valence-corrected chi connectivity index (χ2v) is 6.71. The Bertz CT molecular complexity index is 893. The Kier molecular flexibility index (Phi) is 2.71. The van der Waals surface area contributed by atoms with E-state index < -0.39 is 4.92 Å². The molecule has 0 aliphatic carbocycles. The summed E-state index contributed by atoms with van der Waals surface area (Å²) in [6.45, 7) is 0. The predicted molar refractivity (Wildman–Crippen MR) is 86.4 cm³/mol. The number of hydrogen-bond acceptors (Lipinski definition) is 4. The molecule has 0 radical (unpaired) electrons. The van der Waals surface area contributed by atoms with Crippen LogP contribution in [0, 0.1) is 22.0 Å². The minimum Gasteiger partial charge on any atom is -0.332 e. The topological polar surface area (TPSA) is 97.1 Å². The number of carbonyl (C=O) groups is 2. The first-order chi connectivity index (χ1) is 12.1. The summed E-state index contributed by atoms with van der Waals surface area (Å²) in [6, 6.07) is 13.5. The van der Waals surface area contributed by atoms with E-state index in [1.54, 1.807) is 0 Å². The number of non-ortho nitro benzene ring substituents is 1. The van der Waals surface area contributed by atoms with Crippen LogP contribution in [0.1, 0.15) is 23.2 Å². The van der Waals surface area contributed by atoms with Crippen LogP contribution in [0.4, 0.5) is 11.4 Å². The third-order valence-electron chi connectivity index (χ3n) is 5.62. The number of rotatable bonds is 2. The van der Waals surface area contributed by atoms with Gasteiger partial charge in [-0.15, -0.1) is 0 Å². The molecular formula is C18H14N3O4+. The first-order valence-corrected chi connectivity index (χ1v) is 8.14. The van der Waals surface area contributed by atoms with E-state index in [9.17, 15) is 19.7 Å². The summed E-state index contributed by atoms with van der Waals surface area (Å²) >= 11 is 0. The van der Waals surface area contributed by atoms with Crippen molar-refractivity contribution in [2.45, 2.75) is 12.1 Å². The van der Waals surface area contributed by atoms with Gasteiger partial charge in [-0.3, -0.25) is 19.7 Å². The summed E-state index contributed by atoms with van der Waals surface area (Å²) in [4.78, 5) is 37.4. The normalized spacial score (nSPS) is 29.0. The first-order valence-electron chi connectivity index (χ1n) is 8.14. The van der Waals surface area contributed by atoms with Crippen molar-refractivity contribution in [3.05, 3.63) is 69.8 Å². The van der Waals surface area contributed by atoms with Crippen molar-refractivity contribution in [1.82, 2.24) is 0 Å². The number of fused-ring (bicyclic) bond motifs is 8. The maximum atomic E-state index is 13.0. The van der Waals surface area contributed by atoms with Crippen molar-refractivity contribution in [1.29, 1.82) is 0 Å². The Hall–Kier alpha value is -3.06. The van der Waals surface area contributed by atoms with Crippen LogP contribution >= 0.6 is 0 Å². The third-order valence-corrected chi connectivity index (χ3v) is 5.62. The lowest BCUT2D eigenvalue weighted by Gasteiger charge is -2.16. The van der Waals surface area contributed by atoms with Crippen LogP contribution in [0.25, 0.3) is 0 Å². The molecule has 25 heavy (non-hydrogen) atoms. The molecule has 124 valence electrons. The van der Waals surface area contributed by atoms with Gasteiger partial charge in [0.05, 0.1) is 10.6 Å². The zero-order valence-electron chi connectivity index (χ0n) is 13.0. The molecule has 2 saturated heterocycles. The first kappa shape index (κ1) is 14.3. The number of carbonyl (C=O) groups excluding carboxylic acids is 2. The van der Waals surface area contributed by atoms with Gasteiger partial charge in [-0.25, -0.2) is 4.90 Å². The van der Waals surface area contributed by atoms with E-state index in [2.05, 4.69) is 5.32 Å². The zero-order chi connectivity index (χ0) is 17.3. The number of quaternary nitrogens is 1. The van der Waals surface area contributed by atoms with Crippen LogP contribution < -0.4 is 10.2 Å². The van der Waals surface area contributed by atoms with Gasteiger partial charge in [-0.1, -0.05) is 24.3 Å². The molecule has 5 rings (SSSR count). The largest absolute Gasteiger partial charge is 0.332 e. The van der Waals surface area contributed by atoms with Crippen LogP contribution in [0.3, 0.4) is 0 Å². The summed E-state index contributed by atoms with van der Waals surface area (Å²) in [5.41, 5.74) is 2.61. The highest BCUT2D eigenvalue weighted by Crippen LogP contribution is 2.51. The molecule has 2 bridgehead atoms. The highest BCUT2D eigenvalue weighted by Gasteiger charge is 2.66. The van der Waals surface area contributed by atoms with Crippen LogP contribution in [0.5, 0.6) is 0 Å². The van der Waals surface area contributed by atoms with Crippen molar-refractivity contribution in [2.75, 3.05) is 4.90 Å². The van der Waals surface area contributed by atoms with Gasteiger partial charge in [0.25, 0.3) is 5.69 Å². The van der Waals surface area contributed by atoms with Crippen molar-refractivity contribution in [2.24, 2.45) is 11.8 Å². The monoisotopic (exact) mass is 336 g/mol. The third kappa shape index (κ3) is 1.73. The minimum absolute atomic E-state index is 0.0225. The second-order valence-electron chi connectivity index (χ2n) is 6.71. The SMILES string of the molecule is O=C1[C@@H]2[C@H](C(=O)N1c1ccc([N+](=O)[O-])cc1)[C@H]1[NH2+][C@@H]2c2ccccc21. The van der Waals surface area contributed by atoms with Gasteiger partial charge < -0.3 is 5.32 Å². The minimum atomic E-state index is -0.502. The molecule has 2 aromatic rings. The molecule has 0 spiro atoms. The van der Waals surface area contributed by atoms with Gasteiger partial charge >= 0.3 is 0 Å². The highest BCUT2D eigenvalue weighted by atomic mass is 16.6. The number of benzene rings is 2. The fraction of sp³-hybridized carbons (Fsp3) is 0.222. The number of anilines is 1. The molecule has 4 atom stereocenters. The molecule has 7 heteroatoms. The van der Waals surface area contributed by atoms with E-state index in [4.69, 9.17) is 0 Å². The van der Waals surface area contributed by atoms with Crippen molar-refractivity contribution in [3.8, 4) is 0 Å². The summed E-state index contributed by atoms with van der Waals surface area (Å²) in [6.07, 6.45) is 0. The Morgan fingerprint density at radius 1 is 0.880 bits per heavy atom. The number of nitrogens with zero attached hydrogens (tertiary/aromatic N) is 2. The second kappa shape index (κ2) is 4.73. The number of imide groups is 1. The summed E-state index contributed by atoms with van der Waals surface area (Å²) < 4.78 is 0. The molecule has 2 amide bonds. The average Bonchev–Trinajstić information content (AvgIpc) is 3.26. The van der Waals surface area contributed by atoms with Crippen LogP contribution in [-0.4, -0.2) is 16.7 Å². The van der Waals surface area contributed by atoms with Gasteiger partial charge in [0.15, 0.2) is 0 Å². The maximum absolute atomic E-state index is 13.0. The van der Waals surface area contributed by atoms with E-state index in [1.807, 2.05) is 24.3 Å². The molecule has 2 fully saturated rings. The standard InChI is InChI=1S/C18H13N3O4/c22-17-13-14(16-12-4-2-1-3-11(12)15(13)19-16)18(23)20(17)9-5-7-10(8-6-9)21(24)25/h1-8,13-16,19H/p+1/t13-,14+,15-,16+. The molecule has 7 nitrogen and oxygen atoms in total. The number of nitro groups is 1. The van der Waals surface area contributed by atoms with Gasteiger partial charge in [0.2, 0.25) is 11.8 Å². The van der Waals surface area contributed by atoms with Crippen LogP contribution in [0.15, 0.2) is 48.5 Å². The predicted octanol–water partition coefficient (Wildman–Crippen LogP) is 1.07. The molecule has 0 unspecified atom stereocenters. The molecule has 2 aromatic carbocycles. The van der Waals surface area contributed by atoms with E-state index >= 15 is 0 Å². The van der Waals surface area contributed by atoms with Crippen LogP contribution in [0.2, 0.25) is 0 Å². The highest BCUT2D eigenvalue weighted by molar-refractivity contribution is 6.22. The molecule has 3 heterocycles. The number of nitrogens with two attached hydrogens (primary N) is 1. The Balaban J connectivity index is 1.54. The Morgan fingerprint density at radius 3 is 1.88 bits per heavy atom. The van der Waals surface area contributed by atoms with Crippen molar-refractivity contribution < 1.29 is 19.8 Å².